The zero-order valence-corrected chi connectivity index (χ0v) is 17.5. The van der Waals surface area contributed by atoms with E-state index in [9.17, 15) is 35.4 Å². The number of ether oxygens (including phenoxy) is 4. The van der Waals surface area contributed by atoms with Gasteiger partial charge in [-0.1, -0.05) is 0 Å². The summed E-state index contributed by atoms with van der Waals surface area (Å²) >= 11 is 0. The average Bonchev–Trinajstić information content (AvgIpc) is 2.80. The molecule has 4 rings (SSSR count). The highest BCUT2D eigenvalue weighted by molar-refractivity contribution is 6.00. The van der Waals surface area contributed by atoms with E-state index in [-0.39, 0.29) is 39.2 Å². The highest BCUT2D eigenvalue weighted by Crippen LogP contribution is 2.43. The first-order valence-electron chi connectivity index (χ1n) is 9.77. The van der Waals surface area contributed by atoms with E-state index in [1.165, 1.54) is 26.4 Å². The van der Waals surface area contributed by atoms with E-state index in [0.717, 1.165) is 6.07 Å². The van der Waals surface area contributed by atoms with Crippen LogP contribution in [-0.2, 0) is 4.74 Å². The molecule has 1 fully saturated rings. The van der Waals surface area contributed by atoms with Gasteiger partial charge in [0.1, 0.15) is 46.5 Å². The monoisotopic (exact) mass is 466 g/mol. The number of fused-ring (bicyclic) bond motifs is 2. The van der Waals surface area contributed by atoms with Gasteiger partial charge in [-0.2, -0.15) is 0 Å². The molecule has 178 valence electrons. The molecule has 0 spiro atoms. The molecule has 1 aliphatic rings. The molecule has 6 N–H and O–H groups in total. The quantitative estimate of drug-likeness (QED) is 0.266. The number of aliphatic hydroxyl groups excluding tert-OH is 4. The molecule has 0 saturated carbocycles. The molecule has 1 aliphatic heterocycles. The second-order valence-electron chi connectivity index (χ2n) is 7.37. The Labute approximate surface area is 185 Å². The first-order valence-corrected chi connectivity index (χ1v) is 9.77. The van der Waals surface area contributed by atoms with Gasteiger partial charge >= 0.3 is 0 Å². The van der Waals surface area contributed by atoms with Crippen molar-refractivity contribution in [2.75, 3.05) is 20.8 Å². The van der Waals surface area contributed by atoms with Crippen molar-refractivity contribution < 1.29 is 54.0 Å². The van der Waals surface area contributed by atoms with E-state index in [1.807, 2.05) is 0 Å². The largest absolute Gasteiger partial charge is 0.507 e. The lowest BCUT2D eigenvalue weighted by Crippen LogP contribution is -2.60. The highest BCUT2D eigenvalue weighted by atomic mass is 16.7. The maximum atomic E-state index is 13.2. The van der Waals surface area contributed by atoms with E-state index in [4.69, 9.17) is 23.4 Å². The second-order valence-corrected chi connectivity index (χ2v) is 7.37. The fourth-order valence-electron chi connectivity index (χ4n) is 3.74. The highest BCUT2D eigenvalue weighted by Gasteiger charge is 2.45. The molecule has 12 nitrogen and oxygen atoms in total. The fraction of sp³-hybridized carbons (Fsp3) is 0.381. The van der Waals surface area contributed by atoms with Crippen LogP contribution >= 0.6 is 0 Å². The Kier molecular flexibility index (Phi) is 5.95. The van der Waals surface area contributed by atoms with Crippen LogP contribution in [0.15, 0.2) is 27.4 Å². The number of aromatic hydroxyl groups is 2. The Hall–Kier alpha value is -3.29. The van der Waals surface area contributed by atoms with Gasteiger partial charge in [-0.15, -0.1) is 0 Å². The average molecular weight is 466 g/mol. The summed E-state index contributed by atoms with van der Waals surface area (Å²) in [6.45, 7) is -0.672. The Morgan fingerprint density at radius 1 is 0.970 bits per heavy atom. The molecule has 0 bridgehead atoms. The summed E-state index contributed by atoms with van der Waals surface area (Å²) in [6, 6.07) is 3.68. The van der Waals surface area contributed by atoms with Crippen LogP contribution in [0.1, 0.15) is 0 Å². The van der Waals surface area contributed by atoms with Crippen molar-refractivity contribution in [3.8, 4) is 28.7 Å². The van der Waals surface area contributed by atoms with E-state index in [0.29, 0.717) is 0 Å². The SMILES string of the molecule is COc1cc(O)c2c(=O)c3c(O)c(O[C@H]4O[C@@H](CO)[C@H](O)[C@H](O)[C@@H]4O)ccc3oc2c1OC. The van der Waals surface area contributed by atoms with Crippen molar-refractivity contribution in [3.05, 3.63) is 28.4 Å². The van der Waals surface area contributed by atoms with Gasteiger partial charge in [-0.3, -0.25) is 4.79 Å². The molecule has 0 aliphatic carbocycles. The maximum Gasteiger partial charge on any atom is 0.229 e. The maximum absolute atomic E-state index is 13.2. The van der Waals surface area contributed by atoms with Crippen molar-refractivity contribution in [2.45, 2.75) is 30.7 Å². The van der Waals surface area contributed by atoms with Crippen molar-refractivity contribution in [2.24, 2.45) is 0 Å². The van der Waals surface area contributed by atoms with Gasteiger partial charge in [0.2, 0.25) is 17.5 Å². The summed E-state index contributed by atoms with van der Waals surface area (Å²) in [7, 11) is 2.67. The molecule has 12 heteroatoms. The standard InChI is InChI=1S/C21H22O12/c1-29-10-5-7(23)12-16(26)13-8(31-20(12)19(10)30-2)3-4-9(14(13)24)32-21-18(28)17(27)15(25)11(6-22)33-21/h3-5,11,15,17-18,21-25,27-28H,6H2,1-2H3/t11-,15-,17-,18-,21-/m0/s1. The number of aliphatic hydroxyl groups is 4. The van der Waals surface area contributed by atoms with Gasteiger partial charge < -0.3 is 54.0 Å². The minimum Gasteiger partial charge on any atom is -0.507 e. The number of phenols is 2. The lowest BCUT2D eigenvalue weighted by Gasteiger charge is -2.39. The summed E-state index contributed by atoms with van der Waals surface area (Å²) in [6.07, 6.45) is -7.84. The van der Waals surface area contributed by atoms with Gasteiger partial charge in [-0.05, 0) is 12.1 Å². The lowest BCUT2D eigenvalue weighted by atomic mass is 9.99. The zero-order valence-electron chi connectivity index (χ0n) is 17.5. The molecule has 1 saturated heterocycles. The topological polar surface area (TPSA) is 189 Å². The van der Waals surface area contributed by atoms with Crippen molar-refractivity contribution >= 4 is 21.9 Å². The summed E-state index contributed by atoms with van der Waals surface area (Å²) in [5.74, 6) is -1.30. The van der Waals surface area contributed by atoms with Gasteiger partial charge in [0.05, 0.1) is 20.8 Å². The minimum absolute atomic E-state index is 0.0606. The Morgan fingerprint density at radius 3 is 2.33 bits per heavy atom. The molecule has 2 aromatic carbocycles. The third-order valence-corrected chi connectivity index (χ3v) is 5.47. The molecule has 0 unspecified atom stereocenters. The van der Waals surface area contributed by atoms with Crippen LogP contribution < -0.4 is 19.6 Å². The van der Waals surface area contributed by atoms with E-state index in [1.54, 1.807) is 0 Å². The predicted octanol–water partition coefficient (Wildman–Crippen LogP) is -0.447. The summed E-state index contributed by atoms with van der Waals surface area (Å²) < 4.78 is 26.8. The van der Waals surface area contributed by atoms with E-state index in [2.05, 4.69) is 0 Å². The predicted molar refractivity (Wildman–Crippen MR) is 111 cm³/mol. The Bertz CT molecular complexity index is 1250. The molecule has 3 aromatic rings. The zero-order chi connectivity index (χ0) is 24.0. The number of methoxy groups -OCH3 is 2. The molecule has 33 heavy (non-hydrogen) atoms. The van der Waals surface area contributed by atoms with Crippen molar-refractivity contribution in [1.29, 1.82) is 0 Å². The van der Waals surface area contributed by atoms with E-state index < -0.39 is 54.2 Å². The van der Waals surface area contributed by atoms with Crippen LogP contribution in [0.4, 0.5) is 0 Å². The van der Waals surface area contributed by atoms with Crippen LogP contribution in [0.25, 0.3) is 21.9 Å². The van der Waals surface area contributed by atoms with E-state index >= 15 is 0 Å². The summed E-state index contributed by atoms with van der Waals surface area (Å²) in [5.41, 5.74) is -0.979. The first-order chi connectivity index (χ1) is 15.7. The van der Waals surface area contributed by atoms with Crippen LogP contribution in [0.2, 0.25) is 0 Å². The molecular formula is C21H22O12. The Balaban J connectivity index is 1.84. The lowest BCUT2D eigenvalue weighted by molar-refractivity contribution is -0.277. The van der Waals surface area contributed by atoms with Crippen LogP contribution in [0.5, 0.6) is 28.7 Å². The minimum atomic E-state index is -1.73. The number of hydrogen-bond acceptors (Lipinski definition) is 12. The summed E-state index contributed by atoms with van der Waals surface area (Å²) in [5, 5.41) is 59.8. The van der Waals surface area contributed by atoms with Crippen molar-refractivity contribution in [1.82, 2.24) is 0 Å². The fourth-order valence-corrected chi connectivity index (χ4v) is 3.74. The Morgan fingerprint density at radius 2 is 1.70 bits per heavy atom. The van der Waals surface area contributed by atoms with Gasteiger partial charge in [-0.25, -0.2) is 0 Å². The summed E-state index contributed by atoms with van der Waals surface area (Å²) in [4.78, 5) is 13.2. The number of benzene rings is 2. The molecular weight excluding hydrogens is 444 g/mol. The molecule has 0 radical (unpaired) electrons. The molecule has 0 amide bonds. The first kappa shape index (κ1) is 22.9. The number of hydrogen-bond donors (Lipinski definition) is 6. The molecule has 1 aromatic heterocycles. The normalized spacial score (nSPS) is 25.3. The van der Waals surface area contributed by atoms with Crippen LogP contribution in [0, 0.1) is 0 Å². The van der Waals surface area contributed by atoms with Gasteiger partial charge in [0.25, 0.3) is 0 Å². The van der Waals surface area contributed by atoms with Crippen LogP contribution in [0.3, 0.4) is 0 Å². The molecule has 5 atom stereocenters. The second kappa shape index (κ2) is 8.57. The van der Waals surface area contributed by atoms with Crippen molar-refractivity contribution in [3.63, 3.8) is 0 Å². The third kappa shape index (κ3) is 3.57. The van der Waals surface area contributed by atoms with Gasteiger partial charge in [0, 0.05) is 6.07 Å². The number of phenolic OH excluding ortho intramolecular Hbond substituents is 2. The number of rotatable bonds is 5. The van der Waals surface area contributed by atoms with Crippen LogP contribution in [-0.4, -0.2) is 82.2 Å². The van der Waals surface area contributed by atoms with Gasteiger partial charge in [0.15, 0.2) is 22.8 Å². The molecule has 2 heterocycles. The smallest absolute Gasteiger partial charge is 0.229 e. The third-order valence-electron chi connectivity index (χ3n) is 5.47.